The first-order chi connectivity index (χ1) is 12.6. The average molecular weight is 369 g/mol. The zero-order valence-electron chi connectivity index (χ0n) is 14.3. The van der Waals surface area contributed by atoms with Crippen molar-refractivity contribution in [2.75, 3.05) is 6.54 Å². The number of hydrogen-bond donors (Lipinski definition) is 2. The molecule has 0 spiro atoms. The largest absolute Gasteiger partial charge is 0.467 e. The van der Waals surface area contributed by atoms with Gasteiger partial charge in [0.1, 0.15) is 10.8 Å². The molecular formula is C19H19N3O3S. The summed E-state index contributed by atoms with van der Waals surface area (Å²) in [5, 5.41) is 8.02. The Kier molecular flexibility index (Phi) is 5.80. The summed E-state index contributed by atoms with van der Waals surface area (Å²) in [5.41, 5.74) is 2.92. The van der Waals surface area contributed by atoms with Crippen LogP contribution in [0.1, 0.15) is 17.0 Å². The minimum absolute atomic E-state index is 0.0749. The van der Waals surface area contributed by atoms with Crippen LogP contribution in [0.25, 0.3) is 10.6 Å². The lowest BCUT2D eigenvalue weighted by atomic mass is 10.2. The van der Waals surface area contributed by atoms with Gasteiger partial charge in [-0.2, -0.15) is 0 Å². The van der Waals surface area contributed by atoms with Gasteiger partial charge in [0.2, 0.25) is 11.8 Å². The van der Waals surface area contributed by atoms with Crippen molar-refractivity contribution in [2.45, 2.75) is 19.9 Å². The first-order valence-corrected chi connectivity index (χ1v) is 9.05. The number of rotatable bonds is 7. The van der Waals surface area contributed by atoms with Gasteiger partial charge in [-0.1, -0.05) is 29.8 Å². The van der Waals surface area contributed by atoms with Crippen molar-refractivity contribution < 1.29 is 14.0 Å². The maximum Gasteiger partial charge on any atom is 0.239 e. The third-order valence-electron chi connectivity index (χ3n) is 3.68. The maximum absolute atomic E-state index is 12.0. The van der Waals surface area contributed by atoms with E-state index in [9.17, 15) is 9.59 Å². The van der Waals surface area contributed by atoms with Crippen molar-refractivity contribution in [1.82, 2.24) is 15.6 Å². The molecule has 2 aromatic heterocycles. The van der Waals surface area contributed by atoms with Crippen LogP contribution in [0, 0.1) is 6.92 Å². The van der Waals surface area contributed by atoms with Crippen LogP contribution in [0.2, 0.25) is 0 Å². The van der Waals surface area contributed by atoms with Crippen molar-refractivity contribution in [3.63, 3.8) is 0 Å². The van der Waals surface area contributed by atoms with Crippen molar-refractivity contribution in [2.24, 2.45) is 0 Å². The van der Waals surface area contributed by atoms with Gasteiger partial charge in [0.25, 0.3) is 0 Å². The lowest BCUT2D eigenvalue weighted by molar-refractivity contribution is -0.125. The first-order valence-electron chi connectivity index (χ1n) is 8.17. The Morgan fingerprint density at radius 1 is 1.12 bits per heavy atom. The summed E-state index contributed by atoms with van der Waals surface area (Å²) in [6.45, 7) is 2.26. The van der Waals surface area contributed by atoms with Crippen LogP contribution in [0.5, 0.6) is 0 Å². The zero-order valence-corrected chi connectivity index (χ0v) is 15.1. The average Bonchev–Trinajstić information content (AvgIpc) is 3.31. The van der Waals surface area contributed by atoms with Crippen LogP contribution in [-0.4, -0.2) is 23.3 Å². The van der Waals surface area contributed by atoms with Crippen molar-refractivity contribution in [1.29, 1.82) is 0 Å². The second-order valence-corrected chi connectivity index (χ2v) is 6.68. The summed E-state index contributed by atoms with van der Waals surface area (Å²) >= 11 is 1.50. The van der Waals surface area contributed by atoms with E-state index in [4.69, 9.17) is 4.42 Å². The van der Waals surface area contributed by atoms with Gasteiger partial charge in [-0.05, 0) is 19.1 Å². The molecule has 0 bridgehead atoms. The standard InChI is InChI=1S/C19H19N3O3S/c1-13-4-6-14(7-5-13)19-22-15(12-26-19)9-17(23)21-11-18(24)20-10-16-3-2-8-25-16/h2-8,12H,9-11H2,1H3,(H,20,24)(H,21,23). The number of thiazole rings is 1. The van der Waals surface area contributed by atoms with Crippen molar-refractivity contribution in [3.05, 3.63) is 65.1 Å². The van der Waals surface area contributed by atoms with E-state index in [1.165, 1.54) is 16.9 Å². The molecule has 134 valence electrons. The van der Waals surface area contributed by atoms with Gasteiger partial charge in [-0.3, -0.25) is 9.59 Å². The van der Waals surface area contributed by atoms with Gasteiger partial charge in [0.15, 0.2) is 0 Å². The fraction of sp³-hybridized carbons (Fsp3) is 0.211. The summed E-state index contributed by atoms with van der Waals surface area (Å²) in [7, 11) is 0. The van der Waals surface area contributed by atoms with E-state index in [0.717, 1.165) is 10.6 Å². The lowest BCUT2D eigenvalue weighted by Crippen LogP contribution is -2.37. The molecule has 0 unspecified atom stereocenters. The number of carbonyl (C=O) groups excluding carboxylic acids is 2. The molecule has 3 rings (SSSR count). The highest BCUT2D eigenvalue weighted by Gasteiger charge is 2.10. The SMILES string of the molecule is Cc1ccc(-c2nc(CC(=O)NCC(=O)NCc3ccco3)cs2)cc1. The first kappa shape index (κ1) is 17.9. The number of hydrogen-bond acceptors (Lipinski definition) is 5. The Hall–Kier alpha value is -2.93. The van der Waals surface area contributed by atoms with E-state index in [1.807, 2.05) is 36.6 Å². The molecule has 0 saturated heterocycles. The van der Waals surface area contributed by atoms with E-state index in [0.29, 0.717) is 18.0 Å². The highest BCUT2D eigenvalue weighted by atomic mass is 32.1. The van der Waals surface area contributed by atoms with Gasteiger partial charge < -0.3 is 15.1 Å². The predicted molar refractivity (Wildman–Crippen MR) is 99.6 cm³/mol. The Balaban J connectivity index is 1.44. The summed E-state index contributed by atoms with van der Waals surface area (Å²) in [5.74, 6) is 0.156. The van der Waals surface area contributed by atoms with Crippen LogP contribution < -0.4 is 10.6 Å². The minimum atomic E-state index is -0.270. The minimum Gasteiger partial charge on any atom is -0.467 e. The molecule has 0 aliphatic carbocycles. The molecule has 0 aliphatic heterocycles. The van der Waals surface area contributed by atoms with E-state index in [2.05, 4.69) is 15.6 Å². The summed E-state index contributed by atoms with van der Waals surface area (Å²) in [6, 6.07) is 11.6. The molecule has 26 heavy (non-hydrogen) atoms. The van der Waals surface area contributed by atoms with Gasteiger partial charge in [0, 0.05) is 10.9 Å². The fourth-order valence-corrected chi connectivity index (χ4v) is 3.11. The van der Waals surface area contributed by atoms with E-state index in [1.54, 1.807) is 18.4 Å². The van der Waals surface area contributed by atoms with Crippen molar-refractivity contribution in [3.8, 4) is 10.6 Å². The van der Waals surface area contributed by atoms with E-state index >= 15 is 0 Å². The van der Waals surface area contributed by atoms with Crippen LogP contribution in [-0.2, 0) is 22.6 Å². The Morgan fingerprint density at radius 3 is 2.65 bits per heavy atom. The second kappa shape index (κ2) is 8.44. The molecule has 0 aliphatic rings. The monoisotopic (exact) mass is 369 g/mol. The van der Waals surface area contributed by atoms with Gasteiger partial charge in [-0.15, -0.1) is 11.3 Å². The number of nitrogens with one attached hydrogen (secondary N) is 2. The van der Waals surface area contributed by atoms with Gasteiger partial charge in [0.05, 0.1) is 31.5 Å². The molecule has 7 heteroatoms. The number of benzene rings is 1. The molecule has 0 fully saturated rings. The quantitative estimate of drug-likeness (QED) is 0.671. The zero-order chi connectivity index (χ0) is 18.4. The van der Waals surface area contributed by atoms with Crippen LogP contribution in [0.15, 0.2) is 52.5 Å². The number of amides is 2. The number of aryl methyl sites for hydroxylation is 1. The number of carbonyl (C=O) groups is 2. The fourth-order valence-electron chi connectivity index (χ4n) is 2.28. The number of furan rings is 1. The summed E-state index contributed by atoms with van der Waals surface area (Å²) in [6.07, 6.45) is 1.69. The third-order valence-corrected chi connectivity index (χ3v) is 4.62. The molecule has 0 atom stereocenters. The molecular weight excluding hydrogens is 350 g/mol. The smallest absolute Gasteiger partial charge is 0.239 e. The number of aromatic nitrogens is 1. The highest BCUT2D eigenvalue weighted by molar-refractivity contribution is 7.13. The Morgan fingerprint density at radius 2 is 1.92 bits per heavy atom. The van der Waals surface area contributed by atoms with Gasteiger partial charge >= 0.3 is 0 Å². The molecule has 2 N–H and O–H groups in total. The van der Waals surface area contributed by atoms with Crippen LogP contribution in [0.3, 0.4) is 0 Å². The molecule has 0 radical (unpaired) electrons. The topological polar surface area (TPSA) is 84.2 Å². The maximum atomic E-state index is 12.0. The number of nitrogens with zero attached hydrogens (tertiary/aromatic N) is 1. The Bertz CT molecular complexity index is 870. The second-order valence-electron chi connectivity index (χ2n) is 5.82. The van der Waals surface area contributed by atoms with Crippen molar-refractivity contribution >= 4 is 23.2 Å². The van der Waals surface area contributed by atoms with E-state index in [-0.39, 0.29) is 24.8 Å². The Labute approximate surface area is 155 Å². The van der Waals surface area contributed by atoms with Crippen LogP contribution in [0.4, 0.5) is 0 Å². The van der Waals surface area contributed by atoms with E-state index < -0.39 is 0 Å². The third kappa shape index (κ3) is 5.03. The lowest BCUT2D eigenvalue weighted by Gasteiger charge is -2.05. The highest BCUT2D eigenvalue weighted by Crippen LogP contribution is 2.24. The van der Waals surface area contributed by atoms with Gasteiger partial charge in [-0.25, -0.2) is 4.98 Å². The summed E-state index contributed by atoms with van der Waals surface area (Å²) in [4.78, 5) is 28.2. The normalized spacial score (nSPS) is 10.5. The molecule has 2 heterocycles. The molecule has 1 aromatic carbocycles. The molecule has 0 saturated carbocycles. The molecule has 3 aromatic rings. The molecule has 6 nitrogen and oxygen atoms in total. The van der Waals surface area contributed by atoms with Crippen LogP contribution >= 0.6 is 11.3 Å². The molecule has 2 amide bonds. The summed E-state index contributed by atoms with van der Waals surface area (Å²) < 4.78 is 5.12. The predicted octanol–water partition coefficient (Wildman–Crippen LogP) is 2.69.